The molecule has 2 aliphatic heterocycles. The van der Waals surface area contributed by atoms with Crippen molar-refractivity contribution in [2.75, 3.05) is 13.1 Å². The van der Waals surface area contributed by atoms with Crippen LogP contribution >= 0.6 is 0 Å². The quantitative estimate of drug-likeness (QED) is 0.731. The van der Waals surface area contributed by atoms with Crippen molar-refractivity contribution in [2.24, 2.45) is 0 Å². The summed E-state index contributed by atoms with van der Waals surface area (Å²) in [6.45, 7) is 11.7. The molecule has 0 saturated carbocycles. The second-order valence-electron chi connectivity index (χ2n) is 6.03. The average Bonchev–Trinajstić information content (AvgIpc) is 2.86. The Bertz CT molecular complexity index is 249. The molecule has 0 bridgehead atoms. The molecule has 2 saturated heterocycles. The van der Waals surface area contributed by atoms with E-state index in [0.29, 0.717) is 6.04 Å². The Morgan fingerprint density at radius 1 is 1.12 bits per heavy atom. The van der Waals surface area contributed by atoms with Crippen LogP contribution < -0.4 is 0 Å². The molecule has 2 aliphatic rings. The summed E-state index contributed by atoms with van der Waals surface area (Å²) in [4.78, 5) is 2.67. The summed E-state index contributed by atoms with van der Waals surface area (Å²) in [5.41, 5.74) is 0.188. The Hall–Kier alpha value is -0.0800. The highest BCUT2D eigenvalue weighted by molar-refractivity contribution is 5.03. The molecule has 2 nitrogen and oxygen atoms in total. The van der Waals surface area contributed by atoms with E-state index >= 15 is 0 Å². The van der Waals surface area contributed by atoms with Gasteiger partial charge in [0.25, 0.3) is 0 Å². The molecule has 0 spiro atoms. The summed E-state index contributed by atoms with van der Waals surface area (Å²) in [7, 11) is 0. The minimum Gasteiger partial charge on any atom is -0.367 e. The highest BCUT2D eigenvalue weighted by atomic mass is 16.5. The summed E-state index contributed by atoms with van der Waals surface area (Å²) >= 11 is 0. The molecule has 2 heterocycles. The van der Waals surface area contributed by atoms with Crippen molar-refractivity contribution in [1.29, 1.82) is 0 Å². The van der Waals surface area contributed by atoms with E-state index in [1.807, 2.05) is 0 Å². The number of hydrogen-bond donors (Lipinski definition) is 0. The molecule has 94 valence electrons. The van der Waals surface area contributed by atoms with Gasteiger partial charge < -0.3 is 4.74 Å². The van der Waals surface area contributed by atoms with E-state index in [4.69, 9.17) is 4.74 Å². The Balaban J connectivity index is 2.15. The summed E-state index contributed by atoms with van der Waals surface area (Å²) in [6, 6.07) is 0.643. The van der Waals surface area contributed by atoms with Gasteiger partial charge in [-0.3, -0.25) is 4.90 Å². The molecular weight excluding hydrogens is 198 g/mol. The maximum atomic E-state index is 6.42. The summed E-state index contributed by atoms with van der Waals surface area (Å²) in [5.74, 6) is 0. The van der Waals surface area contributed by atoms with Crippen LogP contribution in [0, 0.1) is 0 Å². The lowest BCUT2D eigenvalue weighted by atomic mass is 9.88. The van der Waals surface area contributed by atoms with Crippen molar-refractivity contribution < 1.29 is 4.74 Å². The standard InChI is InChI=1S/C14H27NO/c1-5-13(3)11-12(14(4,6-2)16-13)15-9-7-8-10-15/h12H,5-11H2,1-4H3. The molecule has 0 aromatic rings. The van der Waals surface area contributed by atoms with Crippen molar-refractivity contribution in [1.82, 2.24) is 4.90 Å². The minimum absolute atomic E-state index is 0.0785. The first-order valence-corrected chi connectivity index (χ1v) is 6.97. The van der Waals surface area contributed by atoms with Crippen LogP contribution in [0.2, 0.25) is 0 Å². The highest BCUT2D eigenvalue weighted by Gasteiger charge is 2.51. The van der Waals surface area contributed by atoms with E-state index in [1.165, 1.54) is 32.4 Å². The van der Waals surface area contributed by atoms with E-state index in [-0.39, 0.29) is 11.2 Å². The highest BCUT2D eigenvalue weighted by Crippen LogP contribution is 2.44. The van der Waals surface area contributed by atoms with E-state index in [1.54, 1.807) is 0 Å². The van der Waals surface area contributed by atoms with Crippen molar-refractivity contribution in [3.63, 3.8) is 0 Å². The van der Waals surface area contributed by atoms with Crippen LogP contribution in [-0.4, -0.2) is 35.2 Å². The second-order valence-corrected chi connectivity index (χ2v) is 6.03. The van der Waals surface area contributed by atoms with Crippen LogP contribution in [0.5, 0.6) is 0 Å². The van der Waals surface area contributed by atoms with Gasteiger partial charge in [-0.1, -0.05) is 13.8 Å². The maximum absolute atomic E-state index is 6.42. The van der Waals surface area contributed by atoms with Crippen molar-refractivity contribution >= 4 is 0 Å². The van der Waals surface area contributed by atoms with E-state index in [0.717, 1.165) is 12.8 Å². The number of rotatable bonds is 3. The normalized spacial score (nSPS) is 45.4. The molecule has 16 heavy (non-hydrogen) atoms. The Labute approximate surface area is 100 Å². The van der Waals surface area contributed by atoms with Crippen LogP contribution in [0.15, 0.2) is 0 Å². The minimum atomic E-state index is 0.0785. The van der Waals surface area contributed by atoms with Crippen LogP contribution in [0.3, 0.4) is 0 Å². The predicted molar refractivity (Wildman–Crippen MR) is 67.7 cm³/mol. The molecule has 0 aliphatic carbocycles. The van der Waals surface area contributed by atoms with Crippen LogP contribution in [0.1, 0.15) is 59.8 Å². The Morgan fingerprint density at radius 3 is 2.25 bits per heavy atom. The summed E-state index contributed by atoms with van der Waals surface area (Å²) in [6.07, 6.45) is 6.22. The number of nitrogens with zero attached hydrogens (tertiary/aromatic N) is 1. The van der Waals surface area contributed by atoms with Gasteiger partial charge in [0.15, 0.2) is 0 Å². The zero-order chi connectivity index (χ0) is 11.8. The van der Waals surface area contributed by atoms with Crippen LogP contribution in [0.25, 0.3) is 0 Å². The van der Waals surface area contributed by atoms with E-state index in [2.05, 4.69) is 32.6 Å². The van der Waals surface area contributed by atoms with Crippen LogP contribution in [0.4, 0.5) is 0 Å². The van der Waals surface area contributed by atoms with Crippen LogP contribution in [-0.2, 0) is 4.74 Å². The van der Waals surface area contributed by atoms with Gasteiger partial charge in [-0.15, -0.1) is 0 Å². The molecule has 2 heteroatoms. The van der Waals surface area contributed by atoms with Gasteiger partial charge in [-0.05, 0) is 59.0 Å². The molecule has 0 N–H and O–H groups in total. The third-order valence-electron chi connectivity index (χ3n) is 4.84. The Morgan fingerprint density at radius 2 is 1.75 bits per heavy atom. The van der Waals surface area contributed by atoms with Crippen molar-refractivity contribution in [2.45, 2.75) is 77.0 Å². The van der Waals surface area contributed by atoms with Gasteiger partial charge in [0.05, 0.1) is 11.2 Å². The van der Waals surface area contributed by atoms with Gasteiger partial charge in [-0.25, -0.2) is 0 Å². The largest absolute Gasteiger partial charge is 0.367 e. The zero-order valence-electron chi connectivity index (χ0n) is 11.4. The average molecular weight is 225 g/mol. The first-order valence-electron chi connectivity index (χ1n) is 6.97. The molecule has 0 aromatic heterocycles. The monoisotopic (exact) mass is 225 g/mol. The molecule has 0 aromatic carbocycles. The van der Waals surface area contributed by atoms with Gasteiger partial charge in [-0.2, -0.15) is 0 Å². The topological polar surface area (TPSA) is 12.5 Å². The Kier molecular flexibility index (Phi) is 3.33. The first-order chi connectivity index (χ1) is 7.53. The van der Waals surface area contributed by atoms with Gasteiger partial charge in [0.1, 0.15) is 0 Å². The molecule has 0 amide bonds. The van der Waals surface area contributed by atoms with Crippen molar-refractivity contribution in [3.8, 4) is 0 Å². The number of ether oxygens (including phenoxy) is 1. The lowest BCUT2D eigenvalue weighted by molar-refractivity contribution is -0.101. The predicted octanol–water partition coefficient (Wildman–Crippen LogP) is 3.21. The van der Waals surface area contributed by atoms with Gasteiger partial charge in [0, 0.05) is 6.04 Å². The smallest absolute Gasteiger partial charge is 0.0814 e. The molecular formula is C14H27NO. The second kappa shape index (κ2) is 4.30. The molecule has 3 atom stereocenters. The molecule has 2 fully saturated rings. The fourth-order valence-corrected chi connectivity index (χ4v) is 3.39. The van der Waals surface area contributed by atoms with Crippen molar-refractivity contribution in [3.05, 3.63) is 0 Å². The molecule has 2 rings (SSSR count). The maximum Gasteiger partial charge on any atom is 0.0814 e. The number of hydrogen-bond acceptors (Lipinski definition) is 2. The third kappa shape index (κ3) is 2.02. The third-order valence-corrected chi connectivity index (χ3v) is 4.84. The lowest BCUT2D eigenvalue weighted by Crippen LogP contribution is -2.46. The zero-order valence-corrected chi connectivity index (χ0v) is 11.4. The van der Waals surface area contributed by atoms with Gasteiger partial charge in [0.2, 0.25) is 0 Å². The van der Waals surface area contributed by atoms with Gasteiger partial charge >= 0.3 is 0 Å². The first kappa shape index (κ1) is 12.4. The van der Waals surface area contributed by atoms with E-state index < -0.39 is 0 Å². The fraction of sp³-hybridized carbons (Fsp3) is 1.00. The lowest BCUT2D eigenvalue weighted by Gasteiger charge is -2.36. The SMILES string of the molecule is CCC1(C)CC(N2CCCC2)C(C)(CC)O1. The van der Waals surface area contributed by atoms with E-state index in [9.17, 15) is 0 Å². The summed E-state index contributed by atoms with van der Waals surface area (Å²) in [5, 5.41) is 0. The summed E-state index contributed by atoms with van der Waals surface area (Å²) < 4.78 is 6.42. The molecule has 0 radical (unpaired) electrons. The number of likely N-dealkylation sites (tertiary alicyclic amines) is 1. The molecule has 3 unspecified atom stereocenters. The fourth-order valence-electron chi connectivity index (χ4n) is 3.39.